The molecular formula is C17H17N7S2. The number of nitrogens with one attached hydrogen (secondary N) is 1. The van der Waals surface area contributed by atoms with Crippen LogP contribution >= 0.6 is 23.1 Å². The number of anilines is 1. The molecule has 0 saturated carbocycles. The Morgan fingerprint density at radius 3 is 2.73 bits per heavy atom. The second-order valence-electron chi connectivity index (χ2n) is 5.37. The zero-order valence-electron chi connectivity index (χ0n) is 14.5. The van der Waals surface area contributed by atoms with Crippen LogP contribution in [0.2, 0.25) is 0 Å². The highest BCUT2D eigenvalue weighted by Crippen LogP contribution is 2.34. The molecule has 7 nitrogen and oxygen atoms in total. The van der Waals surface area contributed by atoms with E-state index in [1.807, 2.05) is 50.6 Å². The maximum atomic E-state index is 8.78. The molecule has 0 spiro atoms. The molecule has 3 aromatic rings. The van der Waals surface area contributed by atoms with Crippen molar-refractivity contribution in [1.82, 2.24) is 15.0 Å². The Kier molecular flexibility index (Phi) is 5.72. The van der Waals surface area contributed by atoms with Gasteiger partial charge in [-0.25, -0.2) is 15.0 Å². The summed E-state index contributed by atoms with van der Waals surface area (Å²) in [4.78, 5) is 17.5. The molecule has 0 fully saturated rings. The van der Waals surface area contributed by atoms with E-state index in [2.05, 4.69) is 30.3 Å². The first kappa shape index (κ1) is 18.2. The average molecular weight is 384 g/mol. The molecule has 132 valence electrons. The minimum atomic E-state index is -0.286. The van der Waals surface area contributed by atoms with Gasteiger partial charge in [0.2, 0.25) is 0 Å². The molecule has 0 amide bonds. The van der Waals surface area contributed by atoms with Crippen molar-refractivity contribution in [3.05, 3.63) is 52.5 Å². The SMILES string of the molecule is CNc1ncc(-c2cc(-c3ccccc3C(C)N=[N+]=[N-])nc(SC)n2)s1. The Bertz CT molecular complexity index is 963. The monoisotopic (exact) mass is 383 g/mol. The second-order valence-corrected chi connectivity index (χ2v) is 7.18. The molecule has 0 radical (unpaired) electrons. The number of thioether (sulfide) groups is 1. The fourth-order valence-electron chi connectivity index (χ4n) is 2.52. The van der Waals surface area contributed by atoms with Crippen molar-refractivity contribution in [3.63, 3.8) is 0 Å². The van der Waals surface area contributed by atoms with Gasteiger partial charge in [-0.3, -0.25) is 0 Å². The molecule has 2 heterocycles. The summed E-state index contributed by atoms with van der Waals surface area (Å²) in [5.41, 5.74) is 12.3. The van der Waals surface area contributed by atoms with Crippen molar-refractivity contribution in [2.24, 2.45) is 5.11 Å². The van der Waals surface area contributed by atoms with Gasteiger partial charge in [0, 0.05) is 23.7 Å². The molecule has 0 aliphatic heterocycles. The normalized spacial score (nSPS) is 11.7. The third kappa shape index (κ3) is 3.80. The summed E-state index contributed by atoms with van der Waals surface area (Å²) in [6, 6.07) is 9.50. The van der Waals surface area contributed by atoms with E-state index in [0.717, 1.165) is 32.5 Å². The van der Waals surface area contributed by atoms with Gasteiger partial charge in [0.25, 0.3) is 0 Å². The van der Waals surface area contributed by atoms with Crippen LogP contribution in [0.5, 0.6) is 0 Å². The molecule has 0 bridgehead atoms. The van der Waals surface area contributed by atoms with Crippen LogP contribution in [-0.4, -0.2) is 28.3 Å². The minimum Gasteiger partial charge on any atom is -0.365 e. The van der Waals surface area contributed by atoms with Crippen LogP contribution in [0.1, 0.15) is 18.5 Å². The molecule has 2 aromatic heterocycles. The van der Waals surface area contributed by atoms with E-state index >= 15 is 0 Å². The van der Waals surface area contributed by atoms with Gasteiger partial charge in [0.15, 0.2) is 10.3 Å². The quantitative estimate of drug-likeness (QED) is 0.202. The van der Waals surface area contributed by atoms with Crippen LogP contribution in [0.4, 0.5) is 5.13 Å². The van der Waals surface area contributed by atoms with Crippen molar-refractivity contribution in [3.8, 4) is 21.8 Å². The maximum Gasteiger partial charge on any atom is 0.188 e. The van der Waals surface area contributed by atoms with Crippen LogP contribution in [0.3, 0.4) is 0 Å². The summed E-state index contributed by atoms with van der Waals surface area (Å²) in [6.07, 6.45) is 3.75. The molecule has 9 heteroatoms. The van der Waals surface area contributed by atoms with Gasteiger partial charge >= 0.3 is 0 Å². The standard InChI is InChI=1S/C17H17N7S2/c1-10(23-24-18)11-6-4-5-7-12(11)13-8-14(22-17(21-13)25-3)15-9-20-16(19-2)26-15/h4-10H,1-3H3,(H,19,20). The van der Waals surface area contributed by atoms with Crippen LogP contribution in [-0.2, 0) is 0 Å². The number of azide groups is 1. The molecule has 1 atom stereocenters. The first-order valence-electron chi connectivity index (χ1n) is 7.86. The van der Waals surface area contributed by atoms with E-state index in [1.54, 1.807) is 6.20 Å². The van der Waals surface area contributed by atoms with Crippen molar-refractivity contribution >= 4 is 28.2 Å². The van der Waals surface area contributed by atoms with Crippen molar-refractivity contribution in [1.29, 1.82) is 0 Å². The zero-order valence-corrected chi connectivity index (χ0v) is 16.2. The molecule has 0 aliphatic carbocycles. The molecule has 3 rings (SSSR count). The first-order chi connectivity index (χ1) is 12.7. The summed E-state index contributed by atoms with van der Waals surface area (Å²) in [5, 5.41) is 8.40. The third-order valence-corrected chi connectivity index (χ3v) is 5.36. The first-order valence-corrected chi connectivity index (χ1v) is 9.91. The van der Waals surface area contributed by atoms with E-state index in [1.165, 1.54) is 23.1 Å². The van der Waals surface area contributed by atoms with Gasteiger partial charge in [-0.05, 0) is 23.4 Å². The van der Waals surface area contributed by atoms with Crippen LogP contribution in [0, 0.1) is 0 Å². The highest BCUT2D eigenvalue weighted by atomic mass is 32.2. The van der Waals surface area contributed by atoms with Gasteiger partial charge < -0.3 is 5.32 Å². The van der Waals surface area contributed by atoms with Crippen LogP contribution in [0.25, 0.3) is 32.3 Å². The Labute approximate surface area is 159 Å². The predicted octanol–water partition coefficient (Wildman–Crippen LogP) is 5.40. The smallest absolute Gasteiger partial charge is 0.188 e. The predicted molar refractivity (Wildman–Crippen MR) is 107 cm³/mol. The van der Waals surface area contributed by atoms with E-state index in [9.17, 15) is 0 Å². The van der Waals surface area contributed by atoms with Crippen LogP contribution in [0.15, 0.2) is 46.8 Å². The van der Waals surface area contributed by atoms with E-state index < -0.39 is 0 Å². The average Bonchev–Trinajstić information content (AvgIpc) is 3.17. The van der Waals surface area contributed by atoms with Crippen molar-refractivity contribution < 1.29 is 0 Å². The molecule has 26 heavy (non-hydrogen) atoms. The topological polar surface area (TPSA) is 99.5 Å². The number of benzene rings is 1. The Morgan fingerprint density at radius 2 is 2.04 bits per heavy atom. The Morgan fingerprint density at radius 1 is 1.27 bits per heavy atom. The summed E-state index contributed by atoms with van der Waals surface area (Å²) in [7, 11) is 1.84. The molecule has 1 aromatic carbocycles. The van der Waals surface area contributed by atoms with Crippen molar-refractivity contribution in [2.45, 2.75) is 18.1 Å². The zero-order chi connectivity index (χ0) is 18.5. The number of hydrogen-bond donors (Lipinski definition) is 1. The van der Waals surface area contributed by atoms with E-state index in [4.69, 9.17) is 5.53 Å². The summed E-state index contributed by atoms with van der Waals surface area (Å²) in [6.45, 7) is 1.87. The molecular weight excluding hydrogens is 366 g/mol. The lowest BCUT2D eigenvalue weighted by Gasteiger charge is -2.13. The van der Waals surface area contributed by atoms with Gasteiger partial charge in [-0.1, -0.05) is 59.4 Å². The molecule has 1 N–H and O–H groups in total. The molecule has 1 unspecified atom stereocenters. The van der Waals surface area contributed by atoms with Gasteiger partial charge in [-0.15, -0.1) is 0 Å². The fourth-order valence-corrected chi connectivity index (χ4v) is 3.63. The number of aromatic nitrogens is 3. The van der Waals surface area contributed by atoms with E-state index in [0.29, 0.717) is 5.16 Å². The third-order valence-electron chi connectivity index (χ3n) is 3.77. The number of nitrogens with zero attached hydrogens (tertiary/aromatic N) is 6. The lowest BCUT2D eigenvalue weighted by atomic mass is 9.99. The maximum absolute atomic E-state index is 8.78. The number of hydrogen-bond acceptors (Lipinski definition) is 7. The van der Waals surface area contributed by atoms with Gasteiger partial charge in [0.1, 0.15) is 0 Å². The number of rotatable bonds is 6. The second kappa shape index (κ2) is 8.18. The highest BCUT2D eigenvalue weighted by Gasteiger charge is 2.15. The highest BCUT2D eigenvalue weighted by molar-refractivity contribution is 7.98. The molecule has 0 aliphatic rings. The lowest BCUT2D eigenvalue weighted by molar-refractivity contribution is 0.808. The summed E-state index contributed by atoms with van der Waals surface area (Å²) < 4.78 is 0. The largest absolute Gasteiger partial charge is 0.365 e. The minimum absolute atomic E-state index is 0.286. The van der Waals surface area contributed by atoms with E-state index in [-0.39, 0.29) is 6.04 Å². The van der Waals surface area contributed by atoms with Crippen molar-refractivity contribution in [2.75, 3.05) is 18.6 Å². The summed E-state index contributed by atoms with van der Waals surface area (Å²) in [5.74, 6) is 0. The van der Waals surface area contributed by atoms with Crippen LogP contribution < -0.4 is 5.32 Å². The van der Waals surface area contributed by atoms with Gasteiger partial charge in [0.05, 0.1) is 22.3 Å². The Hall–Kier alpha value is -2.61. The Balaban J connectivity index is 2.14. The lowest BCUT2D eigenvalue weighted by Crippen LogP contribution is -1.97. The van der Waals surface area contributed by atoms with Gasteiger partial charge in [-0.2, -0.15) is 0 Å². The number of thiazole rings is 1. The summed E-state index contributed by atoms with van der Waals surface area (Å²) >= 11 is 3.03. The fraction of sp³-hybridized carbons (Fsp3) is 0.235. The molecule has 0 saturated heterocycles.